The fourth-order valence-corrected chi connectivity index (χ4v) is 16.4. The van der Waals surface area contributed by atoms with Crippen LogP contribution < -0.4 is 41.6 Å². The van der Waals surface area contributed by atoms with E-state index in [1.54, 1.807) is 0 Å². The quantitative estimate of drug-likeness (QED) is 0.128. The second kappa shape index (κ2) is 16.1. The highest BCUT2D eigenvalue weighted by Gasteiger charge is 2.52. The second-order valence-electron chi connectivity index (χ2n) is 16.8. The lowest BCUT2D eigenvalue weighted by Crippen LogP contribution is -2.28. The van der Waals surface area contributed by atoms with Crippen LogP contribution in [0.5, 0.6) is 0 Å². The van der Waals surface area contributed by atoms with Crippen molar-refractivity contribution in [1.29, 1.82) is 0 Å². The molecule has 10 aromatic rings. The molecule has 6 heteroatoms. The first-order chi connectivity index (χ1) is 32.5. The lowest BCUT2D eigenvalue weighted by atomic mass is 9.98. The van der Waals surface area contributed by atoms with E-state index in [9.17, 15) is 0 Å². The molecule has 0 spiro atoms. The van der Waals surface area contributed by atoms with Crippen LogP contribution in [0.15, 0.2) is 255 Å². The largest absolute Gasteiger partial charge is 0.311 e. The van der Waals surface area contributed by atoms with Crippen molar-refractivity contribution in [2.24, 2.45) is 0 Å². The molecular formula is C60H42N2O2P2. The number of rotatable bonds is 10. The number of nitrogens with zero attached hydrogens (tertiary/aromatic N) is 2. The summed E-state index contributed by atoms with van der Waals surface area (Å²) in [4.78, 5) is 4.48. The van der Waals surface area contributed by atoms with E-state index in [-0.39, 0.29) is 0 Å². The van der Waals surface area contributed by atoms with E-state index in [4.69, 9.17) is 0 Å². The highest BCUT2D eigenvalue weighted by molar-refractivity contribution is 7.90. The number of para-hydroxylation sites is 4. The molecule has 0 N–H and O–H groups in total. The summed E-state index contributed by atoms with van der Waals surface area (Å²) in [5, 5.41) is 4.53. The maximum absolute atomic E-state index is 16.6. The summed E-state index contributed by atoms with van der Waals surface area (Å²) >= 11 is 0. The molecule has 2 heterocycles. The predicted molar refractivity (Wildman–Crippen MR) is 278 cm³/mol. The molecule has 314 valence electrons. The lowest BCUT2D eigenvalue weighted by molar-refractivity contribution is 0.592. The van der Waals surface area contributed by atoms with E-state index >= 15 is 9.13 Å². The minimum absolute atomic E-state index is 0.749. The highest BCUT2D eigenvalue weighted by atomic mass is 31.2. The third kappa shape index (κ3) is 6.37. The molecule has 0 unspecified atom stereocenters. The number of hydrogen-bond acceptors (Lipinski definition) is 4. The number of anilines is 6. The minimum Gasteiger partial charge on any atom is -0.311 e. The Kier molecular flexibility index (Phi) is 9.68. The molecule has 0 aliphatic carbocycles. The zero-order valence-electron chi connectivity index (χ0n) is 35.9. The fraction of sp³-hybridized carbons (Fsp3) is 0. The van der Waals surface area contributed by atoms with Crippen LogP contribution in [-0.2, 0) is 9.13 Å². The maximum atomic E-state index is 16.6. The Bertz CT molecular complexity index is 3120. The Morgan fingerprint density at radius 1 is 0.242 bits per heavy atom. The zero-order valence-corrected chi connectivity index (χ0v) is 37.6. The molecule has 12 rings (SSSR count). The first kappa shape index (κ1) is 39.8. The smallest absolute Gasteiger partial charge is 0.172 e. The van der Waals surface area contributed by atoms with Crippen LogP contribution in [0, 0.1) is 0 Å². The van der Waals surface area contributed by atoms with Gasteiger partial charge >= 0.3 is 0 Å². The molecule has 66 heavy (non-hydrogen) atoms. The van der Waals surface area contributed by atoms with Crippen molar-refractivity contribution in [3.05, 3.63) is 255 Å². The van der Waals surface area contributed by atoms with Gasteiger partial charge in [-0.25, -0.2) is 0 Å². The molecule has 0 fully saturated rings. The van der Waals surface area contributed by atoms with E-state index in [2.05, 4.69) is 180 Å². The topological polar surface area (TPSA) is 40.6 Å². The predicted octanol–water partition coefficient (Wildman–Crippen LogP) is 13.5. The van der Waals surface area contributed by atoms with Crippen molar-refractivity contribution in [2.75, 3.05) is 9.80 Å². The molecule has 10 aromatic carbocycles. The van der Waals surface area contributed by atoms with Crippen molar-refractivity contribution in [2.45, 2.75) is 0 Å². The van der Waals surface area contributed by atoms with Gasteiger partial charge in [0.2, 0.25) is 0 Å². The SMILES string of the molecule is O=P1(c2ccccc2)c2cc(-c3ccc(N(c4ccccc4)c4ccccc4)cc3)cc3c2-c2c1cc(-c1ccc(N(c4ccccc4)c4ccccc4)cc1)cc2P3(=O)c1ccccc1. The molecule has 2 aliphatic rings. The molecule has 0 amide bonds. The Hall–Kier alpha value is -7.74. The van der Waals surface area contributed by atoms with Gasteiger partial charge in [-0.1, -0.05) is 158 Å². The van der Waals surface area contributed by atoms with E-state index in [0.29, 0.717) is 0 Å². The third-order valence-corrected chi connectivity index (χ3v) is 19.2. The van der Waals surface area contributed by atoms with Crippen molar-refractivity contribution in [3.63, 3.8) is 0 Å². The molecule has 0 bridgehead atoms. The molecule has 0 saturated carbocycles. The summed E-state index contributed by atoms with van der Waals surface area (Å²) in [6.45, 7) is 0. The lowest BCUT2D eigenvalue weighted by Gasteiger charge is -2.26. The molecule has 0 atom stereocenters. The van der Waals surface area contributed by atoms with E-state index in [0.717, 1.165) is 99.3 Å². The van der Waals surface area contributed by atoms with Crippen LogP contribution in [0.25, 0.3) is 33.4 Å². The molecule has 4 nitrogen and oxygen atoms in total. The second-order valence-corrected chi connectivity index (χ2v) is 22.2. The van der Waals surface area contributed by atoms with Gasteiger partial charge in [0.25, 0.3) is 0 Å². The molecule has 0 saturated heterocycles. The van der Waals surface area contributed by atoms with Gasteiger partial charge in [0.05, 0.1) is 0 Å². The summed E-state index contributed by atoms with van der Waals surface area (Å²) < 4.78 is 33.1. The Morgan fingerprint density at radius 3 is 0.727 bits per heavy atom. The van der Waals surface area contributed by atoms with Crippen LogP contribution >= 0.6 is 14.3 Å². The molecule has 0 radical (unpaired) electrons. The van der Waals surface area contributed by atoms with E-state index in [1.807, 2.05) is 84.9 Å². The van der Waals surface area contributed by atoms with E-state index in [1.165, 1.54) is 0 Å². The Labute approximate surface area is 385 Å². The van der Waals surface area contributed by atoms with Crippen molar-refractivity contribution in [3.8, 4) is 33.4 Å². The summed E-state index contributed by atoms with van der Waals surface area (Å²) in [5.41, 5.74) is 11.7. The van der Waals surface area contributed by atoms with Crippen LogP contribution in [0.3, 0.4) is 0 Å². The monoisotopic (exact) mass is 884 g/mol. The van der Waals surface area contributed by atoms with Crippen molar-refractivity contribution < 1.29 is 9.13 Å². The third-order valence-electron chi connectivity index (χ3n) is 13.0. The first-order valence-corrected chi connectivity index (χ1v) is 25.6. The highest BCUT2D eigenvalue weighted by Crippen LogP contribution is 2.62. The normalized spacial score (nSPS) is 13.5. The standard InChI is InChI=1S/C60H42N2O2P2/c63-65(53-27-15-5-16-28-53)55-39-45(43-31-35-51(36-32-43)61(47-19-7-1-8-20-47)48-21-9-2-10-22-48)40-56-59(55)60-57(65)41-46(42-58(60)66(56,64)54-29-17-6-18-30-54)44-33-37-52(38-34-44)62(49-23-11-3-12-24-49)50-25-13-4-14-26-50/h1-42H. The summed E-state index contributed by atoms with van der Waals surface area (Å²) in [6.07, 6.45) is 0. The minimum atomic E-state index is -3.48. The Morgan fingerprint density at radius 2 is 0.470 bits per heavy atom. The van der Waals surface area contributed by atoms with Gasteiger partial charge in [0.15, 0.2) is 14.3 Å². The van der Waals surface area contributed by atoms with Crippen LogP contribution in [0.2, 0.25) is 0 Å². The van der Waals surface area contributed by atoms with Gasteiger partial charge in [-0.2, -0.15) is 0 Å². The van der Waals surface area contributed by atoms with Gasteiger partial charge in [-0.05, 0) is 119 Å². The average Bonchev–Trinajstić information content (AvgIpc) is 3.81. The molecular weight excluding hydrogens is 843 g/mol. The number of hydrogen-bond donors (Lipinski definition) is 0. The zero-order chi connectivity index (χ0) is 44.2. The van der Waals surface area contributed by atoms with Gasteiger partial charge in [0.1, 0.15) is 0 Å². The number of benzene rings is 10. The van der Waals surface area contributed by atoms with Crippen molar-refractivity contribution in [1.82, 2.24) is 0 Å². The van der Waals surface area contributed by atoms with Crippen LogP contribution in [0.1, 0.15) is 0 Å². The first-order valence-electron chi connectivity index (χ1n) is 22.2. The van der Waals surface area contributed by atoms with Gasteiger partial charge in [-0.15, -0.1) is 0 Å². The van der Waals surface area contributed by atoms with Crippen LogP contribution in [0.4, 0.5) is 34.1 Å². The summed E-state index contributed by atoms with van der Waals surface area (Å²) in [5.74, 6) is 0. The van der Waals surface area contributed by atoms with Crippen LogP contribution in [-0.4, -0.2) is 0 Å². The summed E-state index contributed by atoms with van der Waals surface area (Å²) in [7, 11) is -6.96. The summed E-state index contributed by atoms with van der Waals surface area (Å²) in [6, 6.07) is 86.8. The van der Waals surface area contributed by atoms with Crippen molar-refractivity contribution >= 4 is 80.2 Å². The van der Waals surface area contributed by atoms with Gasteiger partial charge in [-0.3, -0.25) is 0 Å². The Balaban J connectivity index is 1.03. The fourth-order valence-electron chi connectivity index (χ4n) is 9.96. The maximum Gasteiger partial charge on any atom is 0.172 e. The molecule has 2 aliphatic heterocycles. The van der Waals surface area contributed by atoms with Gasteiger partial charge < -0.3 is 18.9 Å². The average molecular weight is 885 g/mol. The van der Waals surface area contributed by atoms with E-state index < -0.39 is 14.3 Å². The van der Waals surface area contributed by atoms with Gasteiger partial charge in [0, 0.05) is 77.1 Å². The molecule has 0 aromatic heterocycles.